The Kier molecular flexibility index (Phi) is 5.50. The molecule has 0 N–H and O–H groups in total. The smallest absolute Gasteiger partial charge is 0.311 e. The first-order valence-electron chi connectivity index (χ1n) is 7.14. The lowest BCUT2D eigenvalue weighted by Gasteiger charge is -2.06. The second-order valence-electron chi connectivity index (χ2n) is 4.87. The summed E-state index contributed by atoms with van der Waals surface area (Å²) in [7, 11) is 0. The average molecular weight is 383 g/mol. The van der Waals surface area contributed by atoms with Crippen molar-refractivity contribution in [2.24, 2.45) is 0 Å². The molecule has 24 heavy (non-hydrogen) atoms. The van der Waals surface area contributed by atoms with Gasteiger partial charge in [0, 0.05) is 12.8 Å². The Bertz CT molecular complexity index is 834. The van der Waals surface area contributed by atoms with Crippen LogP contribution in [0.3, 0.4) is 0 Å². The van der Waals surface area contributed by atoms with E-state index in [-0.39, 0.29) is 17.2 Å². The molecule has 1 aromatic carbocycles. The molecule has 0 fully saturated rings. The minimum Gasteiger partial charge on any atom is -0.425 e. The highest BCUT2D eigenvalue weighted by Crippen LogP contribution is 2.31. The maximum absolute atomic E-state index is 11.9. The summed E-state index contributed by atoms with van der Waals surface area (Å²) in [6.07, 6.45) is 1.24. The van der Waals surface area contributed by atoms with Crippen molar-refractivity contribution in [3.63, 3.8) is 0 Å². The number of aromatic nitrogens is 2. The molecule has 0 amide bonds. The third-order valence-corrected chi connectivity index (χ3v) is 4.79. The average Bonchev–Trinajstić information content (AvgIpc) is 3.23. The molecule has 0 aliphatic carbocycles. The Morgan fingerprint density at radius 1 is 1.25 bits per heavy atom. The van der Waals surface area contributed by atoms with Crippen LogP contribution < -0.4 is 4.74 Å². The van der Waals surface area contributed by atoms with Gasteiger partial charge in [-0.05, 0) is 30.0 Å². The van der Waals surface area contributed by atoms with Crippen LogP contribution in [0.2, 0.25) is 10.0 Å². The first-order valence-corrected chi connectivity index (χ1v) is 8.78. The zero-order valence-electron chi connectivity index (χ0n) is 12.4. The topological polar surface area (TPSA) is 65.2 Å². The summed E-state index contributed by atoms with van der Waals surface area (Å²) in [6, 6.07) is 8.74. The molecule has 124 valence electrons. The first-order chi connectivity index (χ1) is 11.6. The van der Waals surface area contributed by atoms with Crippen molar-refractivity contribution in [1.29, 1.82) is 0 Å². The molecule has 2 heterocycles. The van der Waals surface area contributed by atoms with Gasteiger partial charge in [-0.25, -0.2) is 0 Å². The highest BCUT2D eigenvalue weighted by Gasteiger charge is 2.13. The van der Waals surface area contributed by atoms with Crippen molar-refractivity contribution in [3.05, 3.63) is 51.6 Å². The molecule has 3 rings (SSSR count). The van der Waals surface area contributed by atoms with Gasteiger partial charge in [0.15, 0.2) is 5.75 Å². The standard InChI is InChI=1S/C16H12Cl2N2O3S/c17-10-4-1-5-11(15(10)18)22-14(21)8-2-7-13-19-16(20-23-13)12-6-3-9-24-12/h1,3-6,9H,2,7-8H2. The molecule has 0 bridgehead atoms. The van der Waals surface area contributed by atoms with E-state index in [1.807, 2.05) is 17.5 Å². The zero-order chi connectivity index (χ0) is 16.9. The number of esters is 1. The van der Waals surface area contributed by atoms with Crippen LogP contribution in [0.1, 0.15) is 18.7 Å². The van der Waals surface area contributed by atoms with Crippen LogP contribution >= 0.6 is 34.5 Å². The summed E-state index contributed by atoms with van der Waals surface area (Å²) in [4.78, 5) is 17.1. The zero-order valence-corrected chi connectivity index (χ0v) is 14.7. The lowest BCUT2D eigenvalue weighted by Crippen LogP contribution is -2.08. The summed E-state index contributed by atoms with van der Waals surface area (Å²) in [5.74, 6) is 0.921. The monoisotopic (exact) mass is 382 g/mol. The SMILES string of the molecule is O=C(CCCc1nc(-c2cccs2)no1)Oc1cccc(Cl)c1Cl. The quantitative estimate of drug-likeness (QED) is 0.441. The van der Waals surface area contributed by atoms with Gasteiger partial charge in [-0.15, -0.1) is 11.3 Å². The number of hydrogen-bond donors (Lipinski definition) is 0. The summed E-state index contributed by atoms with van der Waals surface area (Å²) in [6.45, 7) is 0. The molecule has 0 saturated heterocycles. The Morgan fingerprint density at radius 2 is 2.12 bits per heavy atom. The molecule has 0 spiro atoms. The maximum Gasteiger partial charge on any atom is 0.311 e. The molecule has 0 saturated carbocycles. The Hall–Kier alpha value is -1.89. The second-order valence-corrected chi connectivity index (χ2v) is 6.60. The van der Waals surface area contributed by atoms with E-state index in [1.165, 1.54) is 11.3 Å². The van der Waals surface area contributed by atoms with Gasteiger partial charge >= 0.3 is 5.97 Å². The van der Waals surface area contributed by atoms with Crippen molar-refractivity contribution in [2.75, 3.05) is 0 Å². The van der Waals surface area contributed by atoms with Crippen molar-refractivity contribution >= 4 is 40.5 Å². The second kappa shape index (κ2) is 7.79. The number of carbonyl (C=O) groups is 1. The van der Waals surface area contributed by atoms with Crippen LogP contribution in [-0.4, -0.2) is 16.1 Å². The van der Waals surface area contributed by atoms with Gasteiger partial charge in [0.1, 0.15) is 5.02 Å². The van der Waals surface area contributed by atoms with Gasteiger partial charge in [-0.1, -0.05) is 40.5 Å². The normalized spacial score (nSPS) is 10.8. The van der Waals surface area contributed by atoms with Crippen LogP contribution in [0.25, 0.3) is 10.7 Å². The molecule has 0 aliphatic rings. The van der Waals surface area contributed by atoms with E-state index in [1.54, 1.807) is 18.2 Å². The Balaban J connectivity index is 1.49. The number of rotatable bonds is 6. The third-order valence-electron chi connectivity index (χ3n) is 3.12. The predicted octanol–water partition coefficient (Wildman–Crippen LogP) is 5.03. The molecule has 8 heteroatoms. The number of hydrogen-bond acceptors (Lipinski definition) is 6. The van der Waals surface area contributed by atoms with Gasteiger partial charge in [-0.3, -0.25) is 4.79 Å². The summed E-state index contributed by atoms with van der Waals surface area (Å²) >= 11 is 13.4. The lowest BCUT2D eigenvalue weighted by atomic mass is 10.2. The number of thiophene rings is 1. The van der Waals surface area contributed by atoms with Gasteiger partial charge in [0.2, 0.25) is 11.7 Å². The Morgan fingerprint density at radius 3 is 2.92 bits per heavy atom. The highest BCUT2D eigenvalue weighted by molar-refractivity contribution is 7.13. The van der Waals surface area contributed by atoms with Gasteiger partial charge in [-0.2, -0.15) is 4.98 Å². The van der Waals surface area contributed by atoms with Crippen molar-refractivity contribution in [3.8, 4) is 16.5 Å². The minimum absolute atomic E-state index is 0.208. The fourth-order valence-corrected chi connectivity index (χ4v) is 2.96. The summed E-state index contributed by atoms with van der Waals surface area (Å²) in [5, 5.41) is 6.44. The number of benzene rings is 1. The van der Waals surface area contributed by atoms with Gasteiger partial charge < -0.3 is 9.26 Å². The summed E-state index contributed by atoms with van der Waals surface area (Å²) in [5.41, 5.74) is 0. The van der Waals surface area contributed by atoms with Gasteiger partial charge in [0.05, 0.1) is 9.90 Å². The van der Waals surface area contributed by atoms with Crippen molar-refractivity contribution in [2.45, 2.75) is 19.3 Å². The number of nitrogens with zero attached hydrogens (tertiary/aromatic N) is 2. The fourth-order valence-electron chi connectivity index (χ4n) is 1.98. The fraction of sp³-hybridized carbons (Fsp3) is 0.188. The molecule has 0 aliphatic heterocycles. The third kappa shape index (κ3) is 4.14. The van der Waals surface area contributed by atoms with Crippen LogP contribution in [0, 0.1) is 0 Å². The molecule has 5 nitrogen and oxygen atoms in total. The number of aryl methyl sites for hydroxylation is 1. The van der Waals surface area contributed by atoms with E-state index in [4.69, 9.17) is 32.5 Å². The van der Waals surface area contributed by atoms with E-state index in [9.17, 15) is 4.79 Å². The van der Waals surface area contributed by atoms with Crippen LogP contribution in [0.5, 0.6) is 5.75 Å². The number of ether oxygens (including phenoxy) is 1. The molecule has 3 aromatic rings. The van der Waals surface area contributed by atoms with E-state index in [0.29, 0.717) is 29.6 Å². The number of halogens is 2. The van der Waals surface area contributed by atoms with Crippen LogP contribution in [-0.2, 0) is 11.2 Å². The van der Waals surface area contributed by atoms with Crippen LogP contribution in [0.15, 0.2) is 40.2 Å². The molecule has 2 aromatic heterocycles. The Labute approximate surface area is 152 Å². The van der Waals surface area contributed by atoms with Crippen molar-refractivity contribution < 1.29 is 14.1 Å². The molecule has 0 radical (unpaired) electrons. The minimum atomic E-state index is -0.392. The van der Waals surface area contributed by atoms with Gasteiger partial charge in [0.25, 0.3) is 0 Å². The first kappa shape index (κ1) is 17.0. The van der Waals surface area contributed by atoms with E-state index in [0.717, 1.165) is 4.88 Å². The highest BCUT2D eigenvalue weighted by atomic mass is 35.5. The predicted molar refractivity (Wildman–Crippen MR) is 92.6 cm³/mol. The molecule has 0 unspecified atom stereocenters. The van der Waals surface area contributed by atoms with Crippen molar-refractivity contribution in [1.82, 2.24) is 10.1 Å². The van der Waals surface area contributed by atoms with E-state index < -0.39 is 5.97 Å². The molecular formula is C16H12Cl2N2O3S. The van der Waals surface area contributed by atoms with E-state index in [2.05, 4.69) is 10.1 Å². The van der Waals surface area contributed by atoms with Crippen LogP contribution in [0.4, 0.5) is 0 Å². The largest absolute Gasteiger partial charge is 0.425 e. The molecule has 0 atom stereocenters. The van der Waals surface area contributed by atoms with E-state index >= 15 is 0 Å². The number of carbonyl (C=O) groups excluding carboxylic acids is 1. The maximum atomic E-state index is 11.9. The molecular weight excluding hydrogens is 371 g/mol. The lowest BCUT2D eigenvalue weighted by molar-refractivity contribution is -0.134. The summed E-state index contributed by atoms with van der Waals surface area (Å²) < 4.78 is 10.4.